The van der Waals surface area contributed by atoms with Gasteiger partial charge < -0.3 is 10.4 Å². The Morgan fingerprint density at radius 2 is 2.05 bits per heavy atom. The van der Waals surface area contributed by atoms with E-state index in [1.165, 1.54) is 0 Å². The molecule has 1 aromatic carbocycles. The van der Waals surface area contributed by atoms with Crippen LogP contribution in [0.4, 0.5) is 5.69 Å². The van der Waals surface area contributed by atoms with Gasteiger partial charge in [-0.25, -0.2) is 4.79 Å². The number of anilines is 1. The first-order valence-corrected chi connectivity index (χ1v) is 8.12. The number of nitrogens with one attached hydrogen (secondary N) is 1. The Kier molecular flexibility index (Phi) is 5.08. The normalized spacial score (nSPS) is 26.8. The molecule has 2 rings (SSSR count). The molecule has 0 radical (unpaired) electrons. The number of carboxylic acid groups (broad SMARTS) is 1. The van der Waals surface area contributed by atoms with Crippen LogP contribution in [0.1, 0.15) is 45.4 Å². The van der Waals surface area contributed by atoms with Crippen LogP contribution in [0.25, 0.3) is 0 Å². The van der Waals surface area contributed by atoms with Crippen molar-refractivity contribution in [3.8, 4) is 0 Å². The van der Waals surface area contributed by atoms with Gasteiger partial charge in [-0.15, -0.1) is 0 Å². The van der Waals surface area contributed by atoms with Crippen LogP contribution < -0.4 is 5.32 Å². The molecule has 2 N–H and O–H groups in total. The topological polar surface area (TPSA) is 49.3 Å². The summed E-state index contributed by atoms with van der Waals surface area (Å²) in [5.41, 5.74) is 0.0723. The molecular weight excluding hydrogens is 318 g/mol. The SMILES string of the molecule is CCC1CCCC(Nc2ccc(Br)cc2)(C(=O)O)CC1. The van der Waals surface area contributed by atoms with Gasteiger partial charge in [-0.05, 0) is 49.4 Å². The molecule has 0 bridgehead atoms. The van der Waals surface area contributed by atoms with E-state index in [1.807, 2.05) is 24.3 Å². The van der Waals surface area contributed by atoms with E-state index in [4.69, 9.17) is 0 Å². The summed E-state index contributed by atoms with van der Waals surface area (Å²) in [6.45, 7) is 2.20. The van der Waals surface area contributed by atoms with Gasteiger partial charge in [0.2, 0.25) is 0 Å². The molecule has 3 nitrogen and oxygen atoms in total. The molecule has 20 heavy (non-hydrogen) atoms. The van der Waals surface area contributed by atoms with Crippen LogP contribution >= 0.6 is 15.9 Å². The fraction of sp³-hybridized carbons (Fsp3) is 0.562. The monoisotopic (exact) mass is 339 g/mol. The molecular formula is C16H22BrNO2. The molecule has 4 heteroatoms. The minimum Gasteiger partial charge on any atom is -0.480 e. The highest BCUT2D eigenvalue weighted by atomic mass is 79.9. The van der Waals surface area contributed by atoms with Crippen molar-refractivity contribution in [1.29, 1.82) is 0 Å². The van der Waals surface area contributed by atoms with Crippen molar-refractivity contribution in [3.05, 3.63) is 28.7 Å². The second-order valence-corrected chi connectivity index (χ2v) is 6.64. The molecule has 110 valence electrons. The number of aliphatic carboxylic acids is 1. The molecule has 0 aliphatic heterocycles. The summed E-state index contributed by atoms with van der Waals surface area (Å²) in [4.78, 5) is 11.8. The van der Waals surface area contributed by atoms with E-state index >= 15 is 0 Å². The number of hydrogen-bond donors (Lipinski definition) is 2. The second-order valence-electron chi connectivity index (χ2n) is 5.72. The highest BCUT2D eigenvalue weighted by molar-refractivity contribution is 9.10. The quantitative estimate of drug-likeness (QED) is 0.783. The summed E-state index contributed by atoms with van der Waals surface area (Å²) in [7, 11) is 0. The van der Waals surface area contributed by atoms with Crippen LogP contribution in [-0.4, -0.2) is 16.6 Å². The number of carboxylic acids is 1. The predicted octanol–water partition coefficient (Wildman–Crippen LogP) is 4.67. The van der Waals surface area contributed by atoms with Crippen molar-refractivity contribution in [2.75, 3.05) is 5.32 Å². The smallest absolute Gasteiger partial charge is 0.329 e. The molecule has 0 saturated heterocycles. The van der Waals surface area contributed by atoms with E-state index < -0.39 is 11.5 Å². The third kappa shape index (κ3) is 3.54. The number of halogens is 1. The van der Waals surface area contributed by atoms with Gasteiger partial charge in [-0.2, -0.15) is 0 Å². The lowest BCUT2D eigenvalue weighted by molar-refractivity contribution is -0.142. The Morgan fingerprint density at radius 1 is 1.35 bits per heavy atom. The summed E-state index contributed by atoms with van der Waals surface area (Å²) < 4.78 is 0.999. The highest BCUT2D eigenvalue weighted by Gasteiger charge is 2.39. The molecule has 1 aliphatic carbocycles. The first-order chi connectivity index (χ1) is 9.55. The summed E-state index contributed by atoms with van der Waals surface area (Å²) in [6, 6.07) is 7.72. The third-order valence-electron chi connectivity index (χ3n) is 4.41. The Balaban J connectivity index is 2.17. The zero-order chi connectivity index (χ0) is 14.6. The highest BCUT2D eigenvalue weighted by Crippen LogP contribution is 2.35. The van der Waals surface area contributed by atoms with Gasteiger partial charge in [0.15, 0.2) is 0 Å². The average Bonchev–Trinajstić information content (AvgIpc) is 2.65. The molecule has 0 spiro atoms. The Hall–Kier alpha value is -1.03. The lowest BCUT2D eigenvalue weighted by Crippen LogP contribution is -2.46. The molecule has 0 aromatic heterocycles. The van der Waals surface area contributed by atoms with Crippen LogP contribution in [-0.2, 0) is 4.79 Å². The average molecular weight is 340 g/mol. The largest absolute Gasteiger partial charge is 0.480 e. The van der Waals surface area contributed by atoms with Crippen LogP contribution in [0.3, 0.4) is 0 Å². The zero-order valence-electron chi connectivity index (χ0n) is 11.9. The van der Waals surface area contributed by atoms with Crippen molar-refractivity contribution in [3.63, 3.8) is 0 Å². The minimum atomic E-state index is -0.808. The molecule has 0 heterocycles. The maximum Gasteiger partial charge on any atom is 0.329 e. The van der Waals surface area contributed by atoms with Crippen molar-refractivity contribution >= 4 is 27.6 Å². The van der Waals surface area contributed by atoms with Crippen molar-refractivity contribution < 1.29 is 9.90 Å². The third-order valence-corrected chi connectivity index (χ3v) is 4.94. The van der Waals surface area contributed by atoms with Gasteiger partial charge in [0.25, 0.3) is 0 Å². The number of carbonyl (C=O) groups is 1. The summed E-state index contributed by atoms with van der Waals surface area (Å²) in [5.74, 6) is -0.0554. The zero-order valence-corrected chi connectivity index (χ0v) is 13.4. The van der Waals surface area contributed by atoms with Crippen LogP contribution in [0.15, 0.2) is 28.7 Å². The minimum absolute atomic E-state index is 0.669. The van der Waals surface area contributed by atoms with Crippen molar-refractivity contribution in [2.45, 2.75) is 51.0 Å². The summed E-state index contributed by atoms with van der Waals surface area (Å²) >= 11 is 3.40. The summed E-state index contributed by atoms with van der Waals surface area (Å²) in [5, 5.41) is 13.0. The van der Waals surface area contributed by atoms with Gasteiger partial charge in [-0.3, -0.25) is 0 Å². The summed E-state index contributed by atoms with van der Waals surface area (Å²) in [6.07, 6.45) is 5.67. The van der Waals surface area contributed by atoms with Crippen LogP contribution in [0.5, 0.6) is 0 Å². The van der Waals surface area contributed by atoms with E-state index in [1.54, 1.807) is 0 Å². The number of rotatable bonds is 4. The molecule has 1 aliphatic rings. The van der Waals surface area contributed by atoms with E-state index in [-0.39, 0.29) is 0 Å². The molecule has 1 saturated carbocycles. The molecule has 1 fully saturated rings. The van der Waals surface area contributed by atoms with E-state index in [0.29, 0.717) is 18.8 Å². The Labute approximate surface area is 128 Å². The maximum absolute atomic E-state index is 11.8. The predicted molar refractivity (Wildman–Crippen MR) is 85.0 cm³/mol. The fourth-order valence-corrected chi connectivity index (χ4v) is 3.29. The molecule has 0 amide bonds. The number of benzene rings is 1. The van der Waals surface area contributed by atoms with Crippen LogP contribution in [0.2, 0.25) is 0 Å². The van der Waals surface area contributed by atoms with Gasteiger partial charge in [0.05, 0.1) is 0 Å². The van der Waals surface area contributed by atoms with E-state index in [0.717, 1.165) is 35.8 Å². The number of hydrogen-bond acceptors (Lipinski definition) is 2. The Morgan fingerprint density at radius 3 is 2.65 bits per heavy atom. The van der Waals surface area contributed by atoms with Crippen molar-refractivity contribution in [2.24, 2.45) is 5.92 Å². The van der Waals surface area contributed by atoms with Gasteiger partial charge in [0, 0.05) is 10.2 Å². The fourth-order valence-electron chi connectivity index (χ4n) is 3.02. The molecule has 2 atom stereocenters. The standard InChI is InChI=1S/C16H22BrNO2/c1-2-12-4-3-10-16(11-9-12,15(19)20)18-14-7-5-13(17)6-8-14/h5-8,12,18H,2-4,9-11H2,1H3,(H,19,20). The first kappa shape index (κ1) is 15.4. The molecule has 2 unspecified atom stereocenters. The maximum atomic E-state index is 11.8. The molecule has 1 aromatic rings. The first-order valence-electron chi connectivity index (χ1n) is 7.33. The van der Waals surface area contributed by atoms with E-state index in [2.05, 4.69) is 28.2 Å². The van der Waals surface area contributed by atoms with E-state index in [9.17, 15) is 9.90 Å². The van der Waals surface area contributed by atoms with Crippen LogP contribution in [0, 0.1) is 5.92 Å². The second kappa shape index (κ2) is 6.61. The lowest BCUT2D eigenvalue weighted by atomic mass is 9.89. The van der Waals surface area contributed by atoms with Gasteiger partial charge in [-0.1, -0.05) is 42.1 Å². The lowest BCUT2D eigenvalue weighted by Gasteiger charge is -2.30. The van der Waals surface area contributed by atoms with Gasteiger partial charge in [0.1, 0.15) is 5.54 Å². The Bertz CT molecular complexity index is 460. The van der Waals surface area contributed by atoms with Crippen molar-refractivity contribution in [1.82, 2.24) is 0 Å². The van der Waals surface area contributed by atoms with Gasteiger partial charge >= 0.3 is 5.97 Å².